The number of anilines is 1. The fourth-order valence-electron chi connectivity index (χ4n) is 4.76. The summed E-state index contributed by atoms with van der Waals surface area (Å²) < 4.78 is 0. The third-order valence-corrected chi connectivity index (χ3v) is 7.58. The molecule has 0 unspecified atom stereocenters. The normalized spacial score (nSPS) is 15.1. The van der Waals surface area contributed by atoms with E-state index in [0.717, 1.165) is 53.1 Å². The minimum Gasteiger partial charge on any atom is -0.351 e. The van der Waals surface area contributed by atoms with Gasteiger partial charge in [0.2, 0.25) is 5.91 Å². The predicted molar refractivity (Wildman–Crippen MR) is 139 cm³/mol. The van der Waals surface area contributed by atoms with Crippen LogP contribution in [0.2, 0.25) is 0 Å². The van der Waals surface area contributed by atoms with E-state index in [1.807, 2.05) is 76.2 Å². The molecular weight excluding hydrogens is 442 g/mol. The van der Waals surface area contributed by atoms with Crippen molar-refractivity contribution in [2.45, 2.75) is 71.9 Å². The zero-order valence-corrected chi connectivity index (χ0v) is 21.2. The number of hydrogen-bond acceptors (Lipinski definition) is 4. The van der Waals surface area contributed by atoms with E-state index in [1.165, 1.54) is 17.8 Å². The van der Waals surface area contributed by atoms with Crippen LogP contribution in [0.25, 0.3) is 0 Å². The van der Waals surface area contributed by atoms with Gasteiger partial charge in [-0.1, -0.05) is 61.7 Å². The smallest absolute Gasteiger partial charge is 0.271 e. The van der Waals surface area contributed by atoms with Crippen molar-refractivity contribution in [3.8, 4) is 0 Å². The first-order valence-corrected chi connectivity index (χ1v) is 12.9. The minimum absolute atomic E-state index is 0.133. The fourth-order valence-corrected chi connectivity index (χ4v) is 5.62. The molecule has 4 rings (SSSR count). The lowest BCUT2D eigenvalue weighted by molar-refractivity contribution is -0.123. The van der Waals surface area contributed by atoms with Gasteiger partial charge in [-0.15, -0.1) is 11.3 Å². The Balaban J connectivity index is 1.85. The molecule has 0 radical (unpaired) electrons. The highest BCUT2D eigenvalue weighted by molar-refractivity contribution is 7.13. The lowest BCUT2D eigenvalue weighted by Gasteiger charge is -2.34. The number of benzene rings is 2. The monoisotopic (exact) mass is 475 g/mol. The van der Waals surface area contributed by atoms with Gasteiger partial charge in [0.25, 0.3) is 5.91 Å². The molecule has 0 spiro atoms. The summed E-state index contributed by atoms with van der Waals surface area (Å²) in [5.74, 6) is -0.323. The summed E-state index contributed by atoms with van der Waals surface area (Å²) >= 11 is 1.38. The van der Waals surface area contributed by atoms with Crippen molar-refractivity contribution in [1.82, 2.24) is 10.3 Å². The number of aryl methyl sites for hydroxylation is 4. The summed E-state index contributed by atoms with van der Waals surface area (Å²) in [6, 6.07) is 15.0. The van der Waals surface area contributed by atoms with Crippen LogP contribution < -0.4 is 10.2 Å². The Morgan fingerprint density at radius 1 is 1.00 bits per heavy atom. The van der Waals surface area contributed by atoms with Crippen LogP contribution in [0, 0.1) is 27.7 Å². The second-order valence-electron chi connectivity index (χ2n) is 9.27. The highest BCUT2D eigenvalue weighted by atomic mass is 32.1. The Hall–Kier alpha value is -2.99. The summed E-state index contributed by atoms with van der Waals surface area (Å²) in [6.07, 6.45) is 5.43. The van der Waals surface area contributed by atoms with Crippen LogP contribution in [0.3, 0.4) is 0 Å². The predicted octanol–water partition coefficient (Wildman–Crippen LogP) is 6.21. The van der Waals surface area contributed by atoms with Crippen molar-refractivity contribution in [3.63, 3.8) is 0 Å². The molecule has 0 bridgehead atoms. The van der Waals surface area contributed by atoms with Gasteiger partial charge in [-0.25, -0.2) is 4.98 Å². The van der Waals surface area contributed by atoms with E-state index in [9.17, 15) is 9.59 Å². The first kappa shape index (κ1) is 24.1. The van der Waals surface area contributed by atoms with E-state index < -0.39 is 6.04 Å². The topological polar surface area (TPSA) is 62.3 Å². The molecule has 5 nitrogen and oxygen atoms in total. The Morgan fingerprint density at radius 2 is 1.71 bits per heavy atom. The molecule has 1 heterocycles. The number of hydrogen-bond donors (Lipinski definition) is 1. The van der Waals surface area contributed by atoms with Crippen LogP contribution in [0.1, 0.15) is 75.2 Å². The molecule has 34 heavy (non-hydrogen) atoms. The number of carbonyl (C=O) groups is 2. The van der Waals surface area contributed by atoms with Crippen LogP contribution in [0.15, 0.2) is 48.5 Å². The van der Waals surface area contributed by atoms with Crippen LogP contribution in [-0.2, 0) is 4.79 Å². The minimum atomic E-state index is -0.780. The Labute approximate surface area is 206 Å². The quantitative estimate of drug-likeness (QED) is 0.461. The number of carbonyl (C=O) groups excluding carboxylic acids is 2. The second kappa shape index (κ2) is 10.5. The van der Waals surface area contributed by atoms with Gasteiger partial charge in [0, 0.05) is 11.7 Å². The summed E-state index contributed by atoms with van der Waals surface area (Å²) in [5.41, 5.74) is 4.23. The average Bonchev–Trinajstić information content (AvgIpc) is 3.17. The molecule has 1 saturated carbocycles. The second-order valence-corrected chi connectivity index (χ2v) is 10.5. The zero-order chi connectivity index (χ0) is 24.2. The van der Waals surface area contributed by atoms with Gasteiger partial charge in [-0.05, 0) is 63.3 Å². The van der Waals surface area contributed by atoms with Crippen LogP contribution >= 0.6 is 11.3 Å². The number of aromatic nitrogens is 1. The molecule has 1 aliphatic carbocycles. The number of nitrogens with one attached hydrogen (secondary N) is 1. The van der Waals surface area contributed by atoms with E-state index in [2.05, 4.69) is 10.3 Å². The highest BCUT2D eigenvalue weighted by Gasteiger charge is 2.36. The molecule has 1 aliphatic rings. The summed E-state index contributed by atoms with van der Waals surface area (Å²) in [4.78, 5) is 34.9. The summed E-state index contributed by atoms with van der Waals surface area (Å²) in [6.45, 7) is 7.76. The highest BCUT2D eigenvalue weighted by Crippen LogP contribution is 2.35. The zero-order valence-electron chi connectivity index (χ0n) is 20.4. The SMILES string of the molecule is Cc1ccc(C)c(N(C(=O)c2sc(C)nc2C)[C@H](C(=O)NC2CCCCC2)c2ccccc2)c1. The lowest BCUT2D eigenvalue weighted by Crippen LogP contribution is -2.47. The van der Waals surface area contributed by atoms with Crippen molar-refractivity contribution >= 4 is 28.8 Å². The van der Waals surface area contributed by atoms with Gasteiger partial charge in [-0.2, -0.15) is 0 Å². The molecule has 3 aromatic rings. The van der Waals surface area contributed by atoms with E-state index in [4.69, 9.17) is 0 Å². The van der Waals surface area contributed by atoms with Gasteiger partial charge < -0.3 is 5.32 Å². The summed E-state index contributed by atoms with van der Waals surface area (Å²) in [5, 5.41) is 4.12. The number of amides is 2. The van der Waals surface area contributed by atoms with E-state index in [-0.39, 0.29) is 17.9 Å². The van der Waals surface area contributed by atoms with E-state index >= 15 is 0 Å². The standard InChI is InChI=1S/C28H33N3O2S/c1-18-15-16-19(2)24(17-18)31(28(33)26-20(3)29-21(4)34-26)25(22-11-7-5-8-12-22)27(32)30-23-13-9-6-10-14-23/h5,7-8,11-12,15-17,23,25H,6,9-10,13-14H2,1-4H3,(H,30,32)/t25-/m0/s1. The molecule has 6 heteroatoms. The van der Waals surface area contributed by atoms with Gasteiger partial charge in [0.15, 0.2) is 0 Å². The molecule has 0 aliphatic heterocycles. The van der Waals surface area contributed by atoms with Crippen molar-refractivity contribution in [3.05, 3.63) is 80.8 Å². The molecule has 1 atom stereocenters. The van der Waals surface area contributed by atoms with E-state index in [1.54, 1.807) is 4.90 Å². The first-order valence-electron chi connectivity index (χ1n) is 12.1. The molecule has 2 aromatic carbocycles. The van der Waals surface area contributed by atoms with Gasteiger partial charge in [-0.3, -0.25) is 14.5 Å². The lowest BCUT2D eigenvalue weighted by atomic mass is 9.94. The Bertz CT molecular complexity index is 1170. The molecular formula is C28H33N3O2S. The average molecular weight is 476 g/mol. The molecule has 1 aromatic heterocycles. The van der Waals surface area contributed by atoms with E-state index in [0.29, 0.717) is 10.6 Å². The third-order valence-electron chi connectivity index (χ3n) is 6.51. The molecule has 178 valence electrons. The fraction of sp³-hybridized carbons (Fsp3) is 0.393. The molecule has 2 amide bonds. The maximum atomic E-state index is 14.2. The number of thiazole rings is 1. The Kier molecular flexibility index (Phi) is 7.47. The van der Waals surface area contributed by atoms with Crippen molar-refractivity contribution in [1.29, 1.82) is 0 Å². The maximum Gasteiger partial charge on any atom is 0.271 e. The number of nitrogens with zero attached hydrogens (tertiary/aromatic N) is 2. The van der Waals surface area contributed by atoms with Gasteiger partial charge in [0.1, 0.15) is 10.9 Å². The van der Waals surface area contributed by atoms with Crippen LogP contribution in [0.5, 0.6) is 0 Å². The largest absolute Gasteiger partial charge is 0.351 e. The van der Waals surface area contributed by atoms with Gasteiger partial charge >= 0.3 is 0 Å². The third kappa shape index (κ3) is 5.22. The maximum absolute atomic E-state index is 14.2. The molecule has 0 saturated heterocycles. The summed E-state index contributed by atoms with van der Waals surface area (Å²) in [7, 11) is 0. The Morgan fingerprint density at radius 3 is 2.35 bits per heavy atom. The van der Waals surface area contributed by atoms with Crippen LogP contribution in [-0.4, -0.2) is 22.8 Å². The van der Waals surface area contributed by atoms with Gasteiger partial charge in [0.05, 0.1) is 10.7 Å². The van der Waals surface area contributed by atoms with Crippen molar-refractivity contribution in [2.24, 2.45) is 0 Å². The molecule has 1 fully saturated rings. The molecule has 1 N–H and O–H groups in total. The number of rotatable bonds is 6. The van der Waals surface area contributed by atoms with Crippen LogP contribution in [0.4, 0.5) is 5.69 Å². The van der Waals surface area contributed by atoms with Crippen molar-refractivity contribution in [2.75, 3.05) is 4.90 Å². The first-order chi connectivity index (χ1) is 16.3. The van der Waals surface area contributed by atoms with Crippen molar-refractivity contribution < 1.29 is 9.59 Å².